The third-order valence-electron chi connectivity index (χ3n) is 4.29. The van der Waals surface area contributed by atoms with Crippen molar-refractivity contribution in [3.05, 3.63) is 6.33 Å². The largest absolute Gasteiger partial charge is 0.473 e. The Morgan fingerprint density at radius 1 is 1.35 bits per heavy atom. The highest BCUT2D eigenvalue weighted by Crippen LogP contribution is 2.41. The van der Waals surface area contributed by atoms with Crippen LogP contribution in [-0.2, 0) is 0 Å². The van der Waals surface area contributed by atoms with E-state index in [1.54, 1.807) is 0 Å². The third kappa shape index (κ3) is 2.28. The number of aliphatic hydroxyl groups excluding tert-OH is 1. The maximum Gasteiger partial charge on any atom is 0.242 e. The van der Waals surface area contributed by atoms with Gasteiger partial charge in [0.15, 0.2) is 5.82 Å². The highest BCUT2D eigenvalue weighted by atomic mass is 16.5. The number of nitrogens with two attached hydrogens (primary N) is 1. The fraction of sp³-hybridized carbons (Fsp3) is 0.714. The summed E-state index contributed by atoms with van der Waals surface area (Å²) in [7, 11) is 0. The van der Waals surface area contributed by atoms with Crippen molar-refractivity contribution < 1.29 is 9.84 Å². The van der Waals surface area contributed by atoms with Gasteiger partial charge in [0.2, 0.25) is 5.88 Å². The minimum Gasteiger partial charge on any atom is -0.473 e. The van der Waals surface area contributed by atoms with Crippen molar-refractivity contribution in [2.24, 2.45) is 11.8 Å². The second kappa shape index (κ2) is 5.09. The van der Waals surface area contributed by atoms with Crippen LogP contribution in [-0.4, -0.2) is 40.4 Å². The number of rotatable bonds is 3. The molecule has 0 aromatic carbocycles. The van der Waals surface area contributed by atoms with Gasteiger partial charge in [-0.3, -0.25) is 0 Å². The van der Waals surface area contributed by atoms with Crippen LogP contribution in [0.1, 0.15) is 26.7 Å². The van der Waals surface area contributed by atoms with Gasteiger partial charge in [-0.1, -0.05) is 0 Å². The van der Waals surface area contributed by atoms with Gasteiger partial charge in [-0.15, -0.1) is 0 Å². The summed E-state index contributed by atoms with van der Waals surface area (Å²) in [6.07, 6.45) is 3.35. The van der Waals surface area contributed by atoms with Gasteiger partial charge in [0.1, 0.15) is 12.0 Å². The molecule has 3 atom stereocenters. The van der Waals surface area contributed by atoms with E-state index in [9.17, 15) is 5.11 Å². The van der Waals surface area contributed by atoms with E-state index in [4.69, 9.17) is 10.5 Å². The molecule has 0 amide bonds. The molecule has 110 valence electrons. The van der Waals surface area contributed by atoms with Gasteiger partial charge in [-0.05, 0) is 32.6 Å². The van der Waals surface area contributed by atoms with E-state index in [0.29, 0.717) is 23.4 Å². The van der Waals surface area contributed by atoms with Gasteiger partial charge >= 0.3 is 0 Å². The molecule has 1 aromatic heterocycles. The normalized spacial score (nSPS) is 29.0. The topological polar surface area (TPSA) is 84.5 Å². The fourth-order valence-electron chi connectivity index (χ4n) is 3.35. The molecule has 20 heavy (non-hydrogen) atoms. The number of nitrogen functional groups attached to an aromatic ring is 1. The molecule has 0 spiro atoms. The quantitative estimate of drug-likeness (QED) is 0.860. The van der Waals surface area contributed by atoms with Crippen LogP contribution in [0.4, 0.5) is 11.5 Å². The Hall–Kier alpha value is -1.56. The number of anilines is 2. The van der Waals surface area contributed by atoms with E-state index in [2.05, 4.69) is 14.9 Å². The standard InChI is InChI=1S/C14H22N4O2/c1-8(2)20-14-12(15)13(16-7-17-14)18-5-9-3-4-11(19)10(9)6-18/h7-11,19H,3-6,15H2,1-2H3. The molecule has 1 aliphatic carbocycles. The number of hydrogen-bond donors (Lipinski definition) is 2. The van der Waals surface area contributed by atoms with E-state index in [1.165, 1.54) is 6.33 Å². The zero-order valence-corrected chi connectivity index (χ0v) is 12.0. The summed E-state index contributed by atoms with van der Waals surface area (Å²) < 4.78 is 5.61. The van der Waals surface area contributed by atoms with Crippen molar-refractivity contribution >= 4 is 11.5 Å². The number of ether oxygens (including phenoxy) is 1. The van der Waals surface area contributed by atoms with Crippen LogP contribution in [0.2, 0.25) is 0 Å². The summed E-state index contributed by atoms with van der Waals surface area (Å²) in [5.41, 5.74) is 6.64. The van der Waals surface area contributed by atoms with E-state index in [-0.39, 0.29) is 12.2 Å². The lowest BCUT2D eigenvalue weighted by molar-refractivity contribution is 0.133. The van der Waals surface area contributed by atoms with Crippen LogP contribution >= 0.6 is 0 Å². The van der Waals surface area contributed by atoms with Gasteiger partial charge in [-0.25, -0.2) is 4.98 Å². The molecule has 1 aromatic rings. The number of nitrogens with zero attached hydrogens (tertiary/aromatic N) is 3. The van der Waals surface area contributed by atoms with Crippen molar-refractivity contribution in [1.29, 1.82) is 0 Å². The lowest BCUT2D eigenvalue weighted by atomic mass is 10.00. The van der Waals surface area contributed by atoms with Crippen LogP contribution in [0.3, 0.4) is 0 Å². The fourth-order valence-corrected chi connectivity index (χ4v) is 3.35. The Balaban J connectivity index is 1.81. The summed E-state index contributed by atoms with van der Waals surface area (Å²) in [6, 6.07) is 0. The minimum absolute atomic E-state index is 0.0276. The van der Waals surface area contributed by atoms with Gasteiger partial charge in [0.05, 0.1) is 12.2 Å². The smallest absolute Gasteiger partial charge is 0.242 e. The lowest BCUT2D eigenvalue weighted by Gasteiger charge is -2.22. The lowest BCUT2D eigenvalue weighted by Crippen LogP contribution is -2.26. The molecular weight excluding hydrogens is 256 g/mol. The van der Waals surface area contributed by atoms with E-state index in [1.807, 2.05) is 13.8 Å². The van der Waals surface area contributed by atoms with Crippen molar-refractivity contribution in [2.45, 2.75) is 38.9 Å². The van der Waals surface area contributed by atoms with E-state index >= 15 is 0 Å². The highest BCUT2D eigenvalue weighted by molar-refractivity contribution is 5.68. The summed E-state index contributed by atoms with van der Waals surface area (Å²) in [6.45, 7) is 5.61. The molecule has 1 saturated carbocycles. The van der Waals surface area contributed by atoms with Crippen LogP contribution in [0.5, 0.6) is 5.88 Å². The molecule has 1 aliphatic heterocycles. The highest BCUT2D eigenvalue weighted by Gasteiger charge is 2.42. The zero-order valence-electron chi connectivity index (χ0n) is 12.0. The summed E-state index contributed by atoms with van der Waals surface area (Å²) in [4.78, 5) is 10.6. The van der Waals surface area contributed by atoms with Crippen molar-refractivity contribution in [2.75, 3.05) is 23.7 Å². The van der Waals surface area contributed by atoms with Gasteiger partial charge in [0.25, 0.3) is 0 Å². The molecule has 3 N–H and O–H groups in total. The molecule has 6 nitrogen and oxygen atoms in total. The Labute approximate surface area is 119 Å². The Kier molecular flexibility index (Phi) is 3.41. The first kappa shape index (κ1) is 13.4. The molecular formula is C14H22N4O2. The Bertz CT molecular complexity index is 494. The van der Waals surface area contributed by atoms with Gasteiger partial charge in [0, 0.05) is 19.0 Å². The first-order chi connectivity index (χ1) is 9.56. The number of fused-ring (bicyclic) bond motifs is 1. The van der Waals surface area contributed by atoms with E-state index < -0.39 is 0 Å². The summed E-state index contributed by atoms with van der Waals surface area (Å²) in [5, 5.41) is 9.99. The van der Waals surface area contributed by atoms with Crippen LogP contribution in [0, 0.1) is 11.8 Å². The molecule has 2 fully saturated rings. The Morgan fingerprint density at radius 3 is 2.85 bits per heavy atom. The maximum atomic E-state index is 9.99. The number of aliphatic hydroxyl groups is 1. The molecule has 3 unspecified atom stereocenters. The van der Waals surface area contributed by atoms with Crippen LogP contribution in [0.15, 0.2) is 6.33 Å². The maximum absolute atomic E-state index is 9.99. The molecule has 1 saturated heterocycles. The van der Waals surface area contributed by atoms with Crippen molar-refractivity contribution in [3.8, 4) is 5.88 Å². The van der Waals surface area contributed by atoms with Crippen LogP contribution in [0.25, 0.3) is 0 Å². The first-order valence-corrected chi connectivity index (χ1v) is 7.26. The van der Waals surface area contributed by atoms with Crippen LogP contribution < -0.4 is 15.4 Å². The molecule has 0 radical (unpaired) electrons. The summed E-state index contributed by atoms with van der Waals surface area (Å²) in [5.74, 6) is 2.08. The number of hydrogen-bond acceptors (Lipinski definition) is 6. The molecule has 0 bridgehead atoms. The molecule has 6 heteroatoms. The zero-order chi connectivity index (χ0) is 14.3. The molecule has 2 aliphatic rings. The molecule has 2 heterocycles. The first-order valence-electron chi connectivity index (χ1n) is 7.26. The minimum atomic E-state index is -0.181. The van der Waals surface area contributed by atoms with Gasteiger partial charge < -0.3 is 20.5 Å². The SMILES string of the molecule is CC(C)Oc1ncnc(N2CC3CCC(O)C3C2)c1N. The van der Waals surface area contributed by atoms with Crippen molar-refractivity contribution in [3.63, 3.8) is 0 Å². The predicted molar refractivity (Wildman–Crippen MR) is 76.6 cm³/mol. The second-order valence-corrected chi connectivity index (χ2v) is 6.06. The second-order valence-electron chi connectivity index (χ2n) is 6.06. The summed E-state index contributed by atoms with van der Waals surface area (Å²) >= 11 is 0. The average molecular weight is 278 g/mol. The predicted octanol–water partition coefficient (Wildman–Crippen LogP) is 1.05. The third-order valence-corrected chi connectivity index (χ3v) is 4.29. The Morgan fingerprint density at radius 2 is 2.15 bits per heavy atom. The number of aromatic nitrogens is 2. The average Bonchev–Trinajstić information content (AvgIpc) is 2.94. The molecule has 3 rings (SSSR count). The monoisotopic (exact) mass is 278 g/mol. The van der Waals surface area contributed by atoms with Gasteiger partial charge in [-0.2, -0.15) is 4.98 Å². The van der Waals surface area contributed by atoms with Crippen molar-refractivity contribution in [1.82, 2.24) is 9.97 Å². The van der Waals surface area contributed by atoms with E-state index in [0.717, 1.165) is 31.7 Å².